The molecule has 2 aromatic carbocycles. The Morgan fingerprint density at radius 2 is 1.78 bits per heavy atom. The van der Waals surface area contributed by atoms with Gasteiger partial charge in [0.1, 0.15) is 0 Å². The van der Waals surface area contributed by atoms with E-state index in [9.17, 15) is 4.79 Å². The SMILES string of the molecule is CCSc1nnc2n(-c3ccc(C(C)CC)cc3)c(=O)c3ccccc3n12. The smallest absolute Gasteiger partial charge is 0.267 e. The van der Waals surface area contributed by atoms with Crippen molar-refractivity contribution in [3.05, 3.63) is 64.4 Å². The summed E-state index contributed by atoms with van der Waals surface area (Å²) < 4.78 is 3.64. The third kappa shape index (κ3) is 2.94. The molecular formula is C21H22N4OS. The third-order valence-corrected chi connectivity index (χ3v) is 5.81. The Morgan fingerprint density at radius 1 is 1.04 bits per heavy atom. The number of thioether (sulfide) groups is 1. The second-order valence-electron chi connectivity index (χ2n) is 6.61. The van der Waals surface area contributed by atoms with Gasteiger partial charge in [0.05, 0.1) is 16.6 Å². The summed E-state index contributed by atoms with van der Waals surface area (Å²) in [5.41, 5.74) is 2.85. The highest BCUT2D eigenvalue weighted by Crippen LogP contribution is 2.24. The molecule has 27 heavy (non-hydrogen) atoms. The van der Waals surface area contributed by atoms with Gasteiger partial charge in [0.25, 0.3) is 5.56 Å². The number of hydrogen-bond acceptors (Lipinski definition) is 4. The number of aromatic nitrogens is 4. The molecule has 2 aromatic heterocycles. The van der Waals surface area contributed by atoms with E-state index in [4.69, 9.17) is 0 Å². The van der Waals surface area contributed by atoms with Gasteiger partial charge in [0.2, 0.25) is 5.78 Å². The maximum absolute atomic E-state index is 13.3. The molecule has 2 heterocycles. The van der Waals surface area contributed by atoms with Gasteiger partial charge in [-0.2, -0.15) is 0 Å². The monoisotopic (exact) mass is 378 g/mol. The minimum atomic E-state index is -0.0742. The van der Waals surface area contributed by atoms with Gasteiger partial charge >= 0.3 is 0 Å². The first kappa shape index (κ1) is 17.8. The lowest BCUT2D eigenvalue weighted by molar-refractivity contribution is 0.733. The largest absolute Gasteiger partial charge is 0.268 e. The molecule has 0 N–H and O–H groups in total. The molecule has 0 fully saturated rings. The van der Waals surface area contributed by atoms with Crippen LogP contribution in [-0.4, -0.2) is 24.9 Å². The Labute approximate surface area is 162 Å². The number of hydrogen-bond donors (Lipinski definition) is 0. The number of fused-ring (bicyclic) bond motifs is 3. The molecule has 1 unspecified atom stereocenters. The van der Waals surface area contributed by atoms with Crippen molar-refractivity contribution in [2.75, 3.05) is 5.75 Å². The molecule has 4 rings (SSSR count). The summed E-state index contributed by atoms with van der Waals surface area (Å²) in [6.07, 6.45) is 1.08. The molecular weight excluding hydrogens is 356 g/mol. The number of para-hydroxylation sites is 1. The highest BCUT2D eigenvalue weighted by atomic mass is 32.2. The normalized spacial score (nSPS) is 12.7. The number of nitrogens with zero attached hydrogens (tertiary/aromatic N) is 4. The molecule has 0 radical (unpaired) electrons. The van der Waals surface area contributed by atoms with Gasteiger partial charge in [0.15, 0.2) is 5.16 Å². The van der Waals surface area contributed by atoms with Gasteiger partial charge in [0, 0.05) is 0 Å². The summed E-state index contributed by atoms with van der Waals surface area (Å²) in [4.78, 5) is 13.3. The fraction of sp³-hybridized carbons (Fsp3) is 0.286. The zero-order valence-corrected chi connectivity index (χ0v) is 16.5. The van der Waals surface area contributed by atoms with Crippen LogP contribution in [0, 0.1) is 0 Å². The molecule has 0 saturated heterocycles. The summed E-state index contributed by atoms with van der Waals surface area (Å²) >= 11 is 1.62. The third-order valence-electron chi connectivity index (χ3n) is 5.00. The van der Waals surface area contributed by atoms with Gasteiger partial charge in [-0.3, -0.25) is 9.20 Å². The van der Waals surface area contributed by atoms with Crippen molar-refractivity contribution in [2.24, 2.45) is 0 Å². The van der Waals surface area contributed by atoms with E-state index in [1.807, 2.05) is 40.8 Å². The molecule has 0 spiro atoms. The van der Waals surface area contributed by atoms with Crippen LogP contribution in [-0.2, 0) is 0 Å². The Morgan fingerprint density at radius 3 is 2.48 bits per heavy atom. The lowest BCUT2D eigenvalue weighted by atomic mass is 9.98. The molecule has 0 bridgehead atoms. The topological polar surface area (TPSA) is 52.2 Å². The molecule has 0 aliphatic heterocycles. The first-order chi connectivity index (χ1) is 13.2. The van der Waals surface area contributed by atoms with Crippen LogP contribution < -0.4 is 5.56 Å². The average molecular weight is 379 g/mol. The van der Waals surface area contributed by atoms with Gasteiger partial charge in [-0.25, -0.2) is 4.57 Å². The molecule has 5 nitrogen and oxygen atoms in total. The van der Waals surface area contributed by atoms with Crippen molar-refractivity contribution in [1.29, 1.82) is 0 Å². The summed E-state index contributed by atoms with van der Waals surface area (Å²) in [5.74, 6) is 1.93. The minimum Gasteiger partial charge on any atom is -0.268 e. The molecule has 0 aliphatic rings. The van der Waals surface area contributed by atoms with Crippen molar-refractivity contribution in [3.8, 4) is 5.69 Å². The maximum Gasteiger partial charge on any atom is 0.267 e. The van der Waals surface area contributed by atoms with Crippen molar-refractivity contribution in [3.63, 3.8) is 0 Å². The van der Waals surface area contributed by atoms with Crippen LogP contribution in [0.4, 0.5) is 0 Å². The van der Waals surface area contributed by atoms with Crippen LogP contribution in [0.1, 0.15) is 38.7 Å². The molecule has 4 aromatic rings. The molecule has 6 heteroatoms. The van der Waals surface area contributed by atoms with Gasteiger partial charge in [-0.15, -0.1) is 10.2 Å². The van der Waals surface area contributed by atoms with Crippen LogP contribution in [0.2, 0.25) is 0 Å². The van der Waals surface area contributed by atoms with E-state index in [1.165, 1.54) is 5.56 Å². The zero-order chi connectivity index (χ0) is 19.0. The Kier molecular flexibility index (Phi) is 4.74. The van der Waals surface area contributed by atoms with Gasteiger partial charge in [-0.1, -0.05) is 56.8 Å². The highest BCUT2D eigenvalue weighted by Gasteiger charge is 2.17. The maximum atomic E-state index is 13.3. The van der Waals surface area contributed by atoms with Crippen LogP contribution in [0.25, 0.3) is 22.4 Å². The Balaban J connectivity index is 2.02. The van der Waals surface area contributed by atoms with Crippen molar-refractivity contribution < 1.29 is 0 Å². The predicted octanol–water partition coefficient (Wildman–Crippen LogP) is 4.66. The van der Waals surface area contributed by atoms with E-state index >= 15 is 0 Å². The van der Waals surface area contributed by atoms with E-state index in [-0.39, 0.29) is 5.56 Å². The van der Waals surface area contributed by atoms with Crippen LogP contribution >= 0.6 is 11.8 Å². The van der Waals surface area contributed by atoms with Gasteiger partial charge < -0.3 is 0 Å². The van der Waals surface area contributed by atoms with Crippen molar-refractivity contribution >= 4 is 28.4 Å². The van der Waals surface area contributed by atoms with E-state index in [0.29, 0.717) is 17.1 Å². The minimum absolute atomic E-state index is 0.0742. The molecule has 0 saturated carbocycles. The lowest BCUT2D eigenvalue weighted by Gasteiger charge is -2.13. The average Bonchev–Trinajstić information content (AvgIpc) is 3.12. The zero-order valence-electron chi connectivity index (χ0n) is 15.7. The van der Waals surface area contributed by atoms with Crippen LogP contribution in [0.5, 0.6) is 0 Å². The van der Waals surface area contributed by atoms with Gasteiger partial charge in [-0.05, 0) is 47.9 Å². The second kappa shape index (κ2) is 7.19. The van der Waals surface area contributed by atoms with Crippen molar-refractivity contribution in [2.45, 2.75) is 38.3 Å². The van der Waals surface area contributed by atoms with E-state index in [0.717, 1.165) is 28.5 Å². The molecule has 0 amide bonds. The van der Waals surface area contributed by atoms with E-state index < -0.39 is 0 Å². The van der Waals surface area contributed by atoms with E-state index in [2.05, 4.69) is 43.1 Å². The molecule has 1 atom stereocenters. The first-order valence-electron chi connectivity index (χ1n) is 9.27. The summed E-state index contributed by atoms with van der Waals surface area (Å²) in [6, 6.07) is 15.8. The lowest BCUT2D eigenvalue weighted by Crippen LogP contribution is -2.21. The first-order valence-corrected chi connectivity index (χ1v) is 10.3. The quantitative estimate of drug-likeness (QED) is 0.474. The molecule has 138 valence electrons. The van der Waals surface area contributed by atoms with Crippen LogP contribution in [0.15, 0.2) is 58.5 Å². The molecule has 0 aliphatic carbocycles. The Hall–Kier alpha value is -2.60. The fourth-order valence-corrected chi connectivity index (χ4v) is 3.99. The fourth-order valence-electron chi connectivity index (χ4n) is 3.32. The standard InChI is InChI=1S/C21H22N4OS/c1-4-14(3)15-10-12-16(13-11-15)24-19(26)17-8-6-7-9-18(17)25-20(24)22-23-21(25)27-5-2/h6-14H,4-5H2,1-3H3. The predicted molar refractivity (Wildman–Crippen MR) is 111 cm³/mol. The highest BCUT2D eigenvalue weighted by molar-refractivity contribution is 7.99. The second-order valence-corrected chi connectivity index (χ2v) is 7.84. The Bertz CT molecular complexity index is 1160. The van der Waals surface area contributed by atoms with Crippen molar-refractivity contribution in [1.82, 2.24) is 19.2 Å². The summed E-state index contributed by atoms with van der Waals surface area (Å²) in [6.45, 7) is 6.47. The number of rotatable bonds is 5. The number of benzene rings is 2. The summed E-state index contributed by atoms with van der Waals surface area (Å²) in [5, 5.41) is 10.2. The van der Waals surface area contributed by atoms with Crippen LogP contribution in [0.3, 0.4) is 0 Å². The van der Waals surface area contributed by atoms with E-state index in [1.54, 1.807) is 16.3 Å². The summed E-state index contributed by atoms with van der Waals surface area (Å²) in [7, 11) is 0.